The van der Waals surface area contributed by atoms with Gasteiger partial charge in [0.05, 0.1) is 0 Å². The normalized spacial score (nSPS) is 13.6. The van der Waals surface area contributed by atoms with Gasteiger partial charge in [0.1, 0.15) is 12.1 Å². The molecular formula is C10H19N3O3S. The second-order valence-corrected chi connectivity index (χ2v) is 4.65. The van der Waals surface area contributed by atoms with Crippen LogP contribution in [0, 0.1) is 0 Å². The summed E-state index contributed by atoms with van der Waals surface area (Å²) in [6, 6.07) is -1.37. The Hall–Kier alpha value is -1.24. The van der Waals surface area contributed by atoms with Crippen LogP contribution in [0.5, 0.6) is 0 Å². The van der Waals surface area contributed by atoms with Crippen LogP contribution in [0.2, 0.25) is 0 Å². The third-order valence-electron chi connectivity index (χ3n) is 2.09. The predicted octanol–water partition coefficient (Wildman–Crippen LogP) is -0.766. The summed E-state index contributed by atoms with van der Waals surface area (Å²) in [4.78, 5) is 33.5. The molecule has 0 spiro atoms. The summed E-state index contributed by atoms with van der Waals surface area (Å²) < 4.78 is 0. The van der Waals surface area contributed by atoms with Crippen LogP contribution in [-0.2, 0) is 14.4 Å². The van der Waals surface area contributed by atoms with E-state index in [4.69, 9.17) is 5.73 Å². The van der Waals surface area contributed by atoms with Crippen LogP contribution in [-0.4, -0.2) is 41.8 Å². The van der Waals surface area contributed by atoms with Crippen LogP contribution in [0.4, 0.5) is 0 Å². The van der Waals surface area contributed by atoms with Crippen molar-refractivity contribution in [2.24, 2.45) is 5.73 Å². The Morgan fingerprint density at radius 1 is 1.29 bits per heavy atom. The van der Waals surface area contributed by atoms with Crippen LogP contribution in [0.15, 0.2) is 0 Å². The molecule has 0 unspecified atom stereocenters. The van der Waals surface area contributed by atoms with Crippen LogP contribution in [0.3, 0.4) is 0 Å². The molecule has 7 heteroatoms. The Bertz CT molecular complexity index is 297. The van der Waals surface area contributed by atoms with Crippen LogP contribution in [0.1, 0.15) is 20.3 Å². The quantitative estimate of drug-likeness (QED) is 0.560. The molecule has 0 rings (SSSR count). The first-order chi connectivity index (χ1) is 7.88. The molecular weight excluding hydrogens is 242 g/mol. The van der Waals surface area contributed by atoms with E-state index in [-0.39, 0.29) is 11.8 Å². The minimum atomic E-state index is -0.743. The van der Waals surface area contributed by atoms with Gasteiger partial charge in [-0.15, -0.1) is 0 Å². The molecule has 0 aliphatic heterocycles. The summed E-state index contributed by atoms with van der Waals surface area (Å²) in [5.74, 6) is -0.535. The summed E-state index contributed by atoms with van der Waals surface area (Å²) in [7, 11) is 0. The third kappa shape index (κ3) is 6.83. The van der Waals surface area contributed by atoms with Gasteiger partial charge in [0, 0.05) is 6.92 Å². The van der Waals surface area contributed by atoms with E-state index in [0.29, 0.717) is 6.42 Å². The van der Waals surface area contributed by atoms with E-state index in [1.165, 1.54) is 13.8 Å². The number of carbonyl (C=O) groups excluding carboxylic acids is 3. The molecule has 4 N–H and O–H groups in total. The number of thioether (sulfide) groups is 1. The molecule has 0 aliphatic carbocycles. The zero-order valence-electron chi connectivity index (χ0n) is 10.3. The Kier molecular flexibility index (Phi) is 7.36. The first-order valence-corrected chi connectivity index (χ1v) is 6.63. The molecule has 3 amide bonds. The van der Waals surface area contributed by atoms with Crippen molar-refractivity contribution in [3.8, 4) is 0 Å². The third-order valence-corrected chi connectivity index (χ3v) is 2.73. The van der Waals surface area contributed by atoms with Gasteiger partial charge < -0.3 is 16.4 Å². The molecule has 2 atom stereocenters. The van der Waals surface area contributed by atoms with Gasteiger partial charge in [-0.25, -0.2) is 0 Å². The first-order valence-electron chi connectivity index (χ1n) is 5.24. The molecule has 98 valence electrons. The average molecular weight is 261 g/mol. The van der Waals surface area contributed by atoms with E-state index >= 15 is 0 Å². The Morgan fingerprint density at radius 2 is 1.88 bits per heavy atom. The maximum atomic E-state index is 11.8. The molecule has 0 aromatic rings. The smallest absolute Gasteiger partial charge is 0.243 e. The second kappa shape index (κ2) is 7.94. The first kappa shape index (κ1) is 15.8. The maximum Gasteiger partial charge on any atom is 0.243 e. The van der Waals surface area contributed by atoms with Crippen molar-refractivity contribution < 1.29 is 14.4 Å². The lowest BCUT2D eigenvalue weighted by atomic mass is 10.2. The zero-order chi connectivity index (χ0) is 13.4. The predicted molar refractivity (Wildman–Crippen MR) is 67.4 cm³/mol. The Labute approximate surface area is 105 Å². The molecule has 0 fully saturated rings. The number of nitrogens with one attached hydrogen (secondary N) is 2. The number of rotatable bonds is 7. The summed E-state index contributed by atoms with van der Waals surface area (Å²) in [6.45, 7) is 2.84. The minimum absolute atomic E-state index is 0.280. The molecule has 0 aromatic carbocycles. The van der Waals surface area contributed by atoms with Crippen molar-refractivity contribution in [2.75, 3.05) is 12.0 Å². The molecule has 6 nitrogen and oxygen atoms in total. The summed E-state index contributed by atoms with van der Waals surface area (Å²) in [5, 5.41) is 5.00. The number of hydrogen-bond donors (Lipinski definition) is 3. The lowest BCUT2D eigenvalue weighted by Crippen LogP contribution is -2.51. The monoisotopic (exact) mass is 261 g/mol. The summed E-state index contributed by atoms with van der Waals surface area (Å²) in [6.07, 6.45) is 2.42. The average Bonchev–Trinajstić information content (AvgIpc) is 2.23. The van der Waals surface area contributed by atoms with E-state index in [9.17, 15) is 14.4 Å². The van der Waals surface area contributed by atoms with Crippen molar-refractivity contribution in [1.82, 2.24) is 10.6 Å². The molecule has 0 saturated carbocycles. The van der Waals surface area contributed by atoms with Crippen LogP contribution < -0.4 is 16.4 Å². The van der Waals surface area contributed by atoms with Crippen molar-refractivity contribution in [1.29, 1.82) is 0 Å². The lowest BCUT2D eigenvalue weighted by Gasteiger charge is -2.19. The molecule has 0 aliphatic rings. The highest BCUT2D eigenvalue weighted by atomic mass is 32.2. The summed E-state index contributed by atoms with van der Waals surface area (Å²) in [5.41, 5.74) is 5.04. The van der Waals surface area contributed by atoms with Gasteiger partial charge >= 0.3 is 0 Å². The topological polar surface area (TPSA) is 101 Å². The molecule has 17 heavy (non-hydrogen) atoms. The molecule has 0 saturated heterocycles. The van der Waals surface area contributed by atoms with Crippen molar-refractivity contribution >= 4 is 29.5 Å². The van der Waals surface area contributed by atoms with E-state index in [2.05, 4.69) is 10.6 Å². The fourth-order valence-corrected chi connectivity index (χ4v) is 1.61. The minimum Gasteiger partial charge on any atom is -0.368 e. The van der Waals surface area contributed by atoms with Gasteiger partial charge in [-0.3, -0.25) is 14.4 Å². The molecule has 0 aromatic heterocycles. The fraction of sp³-hybridized carbons (Fsp3) is 0.700. The molecule has 0 bridgehead atoms. The van der Waals surface area contributed by atoms with Gasteiger partial charge in [0.2, 0.25) is 17.7 Å². The van der Waals surface area contributed by atoms with Gasteiger partial charge in [0.25, 0.3) is 0 Å². The van der Waals surface area contributed by atoms with Crippen LogP contribution >= 0.6 is 11.8 Å². The molecule has 0 radical (unpaired) electrons. The molecule has 0 heterocycles. The van der Waals surface area contributed by atoms with Crippen molar-refractivity contribution in [3.05, 3.63) is 0 Å². The summed E-state index contributed by atoms with van der Waals surface area (Å²) >= 11 is 1.58. The van der Waals surface area contributed by atoms with Gasteiger partial charge in [-0.1, -0.05) is 0 Å². The van der Waals surface area contributed by atoms with Crippen molar-refractivity contribution in [2.45, 2.75) is 32.4 Å². The maximum absolute atomic E-state index is 11.8. The van der Waals surface area contributed by atoms with Gasteiger partial charge in [0.15, 0.2) is 0 Å². The van der Waals surface area contributed by atoms with E-state index < -0.39 is 18.0 Å². The zero-order valence-corrected chi connectivity index (χ0v) is 11.1. The Balaban J connectivity index is 4.40. The highest BCUT2D eigenvalue weighted by Gasteiger charge is 2.21. The van der Waals surface area contributed by atoms with Crippen LogP contribution in [0.25, 0.3) is 0 Å². The standard InChI is InChI=1S/C10H19N3O3S/c1-6(9(11)15)12-10(16)8(4-5-17-3)13-7(2)14/h6,8H,4-5H2,1-3H3,(H2,11,15)(H,12,16)(H,13,14)/t6-,8+/m1/s1. The number of primary amides is 1. The highest BCUT2D eigenvalue weighted by molar-refractivity contribution is 7.98. The number of nitrogens with two attached hydrogens (primary N) is 1. The van der Waals surface area contributed by atoms with E-state index in [1.807, 2.05) is 6.26 Å². The van der Waals surface area contributed by atoms with Crippen molar-refractivity contribution in [3.63, 3.8) is 0 Å². The van der Waals surface area contributed by atoms with Gasteiger partial charge in [-0.05, 0) is 25.4 Å². The number of carbonyl (C=O) groups is 3. The number of hydrogen-bond acceptors (Lipinski definition) is 4. The Morgan fingerprint density at radius 3 is 2.29 bits per heavy atom. The van der Waals surface area contributed by atoms with E-state index in [0.717, 1.165) is 5.75 Å². The fourth-order valence-electron chi connectivity index (χ4n) is 1.13. The van der Waals surface area contributed by atoms with E-state index in [1.54, 1.807) is 11.8 Å². The highest BCUT2D eigenvalue weighted by Crippen LogP contribution is 2.01. The SMILES string of the molecule is CSCC[C@H](NC(C)=O)C(=O)N[C@H](C)C(N)=O. The largest absolute Gasteiger partial charge is 0.368 e. The second-order valence-electron chi connectivity index (χ2n) is 3.67. The lowest BCUT2D eigenvalue weighted by molar-refractivity contribution is -0.130. The number of amides is 3. The van der Waals surface area contributed by atoms with Gasteiger partial charge in [-0.2, -0.15) is 11.8 Å².